The smallest absolute Gasteiger partial charge is 0.339 e. The highest BCUT2D eigenvalue weighted by molar-refractivity contribution is 5.97. The molecule has 0 saturated heterocycles. The van der Waals surface area contributed by atoms with Crippen LogP contribution in [0.15, 0.2) is 42.5 Å². The molecule has 0 aliphatic rings. The van der Waals surface area contributed by atoms with Crippen LogP contribution in [0.4, 0.5) is 10.1 Å². The summed E-state index contributed by atoms with van der Waals surface area (Å²) in [5, 5.41) is 2.77. The largest absolute Gasteiger partial charge is 0.494 e. The molecule has 2 aromatic carbocycles. The number of para-hydroxylation sites is 1. The Balaban J connectivity index is 2.05. The average Bonchev–Trinajstić information content (AvgIpc) is 2.61. The van der Waals surface area contributed by atoms with E-state index in [0.717, 1.165) is 11.6 Å². The standard InChI is InChI=1S/C20H22FNO4/c1-12(2)15-7-5-6-8-17(15)22-19(23)13(3)26-20(24)14-9-10-18(25-4)16(21)11-14/h5-13H,1-4H3,(H,22,23)/t13-/m1/s1. The van der Waals surface area contributed by atoms with Crippen molar-refractivity contribution in [3.8, 4) is 5.75 Å². The van der Waals surface area contributed by atoms with Crippen molar-refractivity contribution in [1.82, 2.24) is 0 Å². The number of hydrogen-bond donors (Lipinski definition) is 1. The first kappa shape index (κ1) is 19.4. The van der Waals surface area contributed by atoms with Gasteiger partial charge in [-0.05, 0) is 42.7 Å². The number of amides is 1. The van der Waals surface area contributed by atoms with Crippen LogP contribution in [0.5, 0.6) is 5.75 Å². The topological polar surface area (TPSA) is 64.6 Å². The fraction of sp³-hybridized carbons (Fsp3) is 0.300. The fourth-order valence-corrected chi connectivity index (χ4v) is 2.42. The summed E-state index contributed by atoms with van der Waals surface area (Å²) in [4.78, 5) is 24.5. The zero-order chi connectivity index (χ0) is 19.3. The molecule has 1 atom stereocenters. The molecule has 0 aliphatic carbocycles. The van der Waals surface area contributed by atoms with Gasteiger partial charge in [-0.3, -0.25) is 4.79 Å². The third-order valence-electron chi connectivity index (χ3n) is 3.88. The van der Waals surface area contributed by atoms with E-state index >= 15 is 0 Å². The summed E-state index contributed by atoms with van der Waals surface area (Å²) in [6.45, 7) is 5.50. The summed E-state index contributed by atoms with van der Waals surface area (Å²) >= 11 is 0. The maximum Gasteiger partial charge on any atom is 0.339 e. The van der Waals surface area contributed by atoms with Crippen LogP contribution in [0.25, 0.3) is 0 Å². The Bertz CT molecular complexity index is 804. The zero-order valence-electron chi connectivity index (χ0n) is 15.2. The molecule has 2 aromatic rings. The van der Waals surface area contributed by atoms with Crippen LogP contribution < -0.4 is 10.1 Å². The zero-order valence-corrected chi connectivity index (χ0v) is 15.2. The van der Waals surface area contributed by atoms with Gasteiger partial charge in [-0.15, -0.1) is 0 Å². The Morgan fingerprint density at radius 2 is 1.77 bits per heavy atom. The second-order valence-electron chi connectivity index (χ2n) is 6.13. The third kappa shape index (κ3) is 4.59. The van der Waals surface area contributed by atoms with Gasteiger partial charge in [0.25, 0.3) is 5.91 Å². The minimum absolute atomic E-state index is 0.00512. The molecule has 0 saturated carbocycles. The molecular weight excluding hydrogens is 337 g/mol. The van der Waals surface area contributed by atoms with Crippen LogP contribution in [-0.4, -0.2) is 25.1 Å². The van der Waals surface area contributed by atoms with Crippen molar-refractivity contribution in [2.75, 3.05) is 12.4 Å². The van der Waals surface area contributed by atoms with Crippen molar-refractivity contribution in [2.45, 2.75) is 32.8 Å². The van der Waals surface area contributed by atoms with Crippen LogP contribution in [0.3, 0.4) is 0 Å². The molecule has 26 heavy (non-hydrogen) atoms. The number of anilines is 1. The van der Waals surface area contributed by atoms with Gasteiger partial charge in [0, 0.05) is 5.69 Å². The summed E-state index contributed by atoms with van der Waals surface area (Å²) in [6, 6.07) is 11.2. The number of hydrogen-bond acceptors (Lipinski definition) is 4. The number of methoxy groups -OCH3 is 1. The highest BCUT2D eigenvalue weighted by Gasteiger charge is 2.21. The monoisotopic (exact) mass is 359 g/mol. The molecule has 6 heteroatoms. The molecule has 5 nitrogen and oxygen atoms in total. The summed E-state index contributed by atoms with van der Waals surface area (Å²) in [5.74, 6) is -1.67. The van der Waals surface area contributed by atoms with E-state index in [4.69, 9.17) is 9.47 Å². The highest BCUT2D eigenvalue weighted by Crippen LogP contribution is 2.24. The Morgan fingerprint density at radius 1 is 1.08 bits per heavy atom. The van der Waals surface area contributed by atoms with E-state index in [0.29, 0.717) is 5.69 Å². The number of halogens is 1. The van der Waals surface area contributed by atoms with Crippen LogP contribution in [0, 0.1) is 5.82 Å². The van der Waals surface area contributed by atoms with Crippen LogP contribution in [0.2, 0.25) is 0 Å². The molecule has 0 heterocycles. The number of esters is 1. The maximum absolute atomic E-state index is 13.7. The molecule has 0 fully saturated rings. The highest BCUT2D eigenvalue weighted by atomic mass is 19.1. The normalized spacial score (nSPS) is 11.8. The molecule has 0 radical (unpaired) electrons. The SMILES string of the molecule is COc1ccc(C(=O)O[C@H](C)C(=O)Nc2ccccc2C(C)C)cc1F. The molecular formula is C20H22FNO4. The van der Waals surface area contributed by atoms with Gasteiger partial charge in [0.05, 0.1) is 12.7 Å². The number of benzene rings is 2. The van der Waals surface area contributed by atoms with Crippen molar-refractivity contribution in [3.63, 3.8) is 0 Å². The molecule has 0 aromatic heterocycles. The van der Waals surface area contributed by atoms with Gasteiger partial charge >= 0.3 is 5.97 Å². The van der Waals surface area contributed by atoms with E-state index < -0.39 is 23.8 Å². The van der Waals surface area contributed by atoms with Crippen LogP contribution in [-0.2, 0) is 9.53 Å². The minimum Gasteiger partial charge on any atom is -0.494 e. The van der Waals surface area contributed by atoms with Gasteiger partial charge in [0.15, 0.2) is 17.7 Å². The van der Waals surface area contributed by atoms with E-state index in [-0.39, 0.29) is 17.2 Å². The van der Waals surface area contributed by atoms with Gasteiger partial charge in [-0.2, -0.15) is 0 Å². The number of carbonyl (C=O) groups is 2. The molecule has 1 N–H and O–H groups in total. The van der Waals surface area contributed by atoms with Crippen molar-refractivity contribution in [2.24, 2.45) is 0 Å². The Kier molecular flexibility index (Phi) is 6.33. The quantitative estimate of drug-likeness (QED) is 0.787. The van der Waals surface area contributed by atoms with Gasteiger partial charge in [0.1, 0.15) is 0 Å². The van der Waals surface area contributed by atoms with Crippen molar-refractivity contribution in [3.05, 3.63) is 59.4 Å². The van der Waals surface area contributed by atoms with Crippen molar-refractivity contribution >= 4 is 17.6 Å². The minimum atomic E-state index is -1.03. The average molecular weight is 359 g/mol. The molecule has 0 bridgehead atoms. The van der Waals surface area contributed by atoms with Gasteiger partial charge in [0.2, 0.25) is 0 Å². The first-order valence-corrected chi connectivity index (χ1v) is 8.27. The summed E-state index contributed by atoms with van der Waals surface area (Å²) in [7, 11) is 1.33. The summed E-state index contributed by atoms with van der Waals surface area (Å²) in [6.07, 6.45) is -1.03. The van der Waals surface area contributed by atoms with E-state index in [1.54, 1.807) is 6.07 Å². The summed E-state index contributed by atoms with van der Waals surface area (Å²) in [5.41, 5.74) is 1.66. The number of nitrogens with one attached hydrogen (secondary N) is 1. The number of ether oxygens (including phenoxy) is 2. The molecule has 138 valence electrons. The summed E-state index contributed by atoms with van der Waals surface area (Å²) < 4.78 is 23.6. The fourth-order valence-electron chi connectivity index (χ4n) is 2.42. The lowest BCUT2D eigenvalue weighted by Gasteiger charge is -2.17. The van der Waals surface area contributed by atoms with Gasteiger partial charge in [-0.25, -0.2) is 9.18 Å². The maximum atomic E-state index is 13.7. The first-order chi connectivity index (χ1) is 12.3. The van der Waals surface area contributed by atoms with Crippen LogP contribution >= 0.6 is 0 Å². The molecule has 0 aliphatic heterocycles. The molecule has 1 amide bonds. The third-order valence-corrected chi connectivity index (χ3v) is 3.88. The Labute approximate surface area is 152 Å². The second kappa shape index (κ2) is 8.47. The van der Waals surface area contributed by atoms with E-state index in [9.17, 15) is 14.0 Å². The molecule has 0 unspecified atom stereocenters. The van der Waals surface area contributed by atoms with Crippen molar-refractivity contribution in [1.29, 1.82) is 0 Å². The van der Waals surface area contributed by atoms with Crippen molar-refractivity contribution < 1.29 is 23.5 Å². The number of carbonyl (C=O) groups excluding carboxylic acids is 2. The molecule has 2 rings (SSSR count). The lowest BCUT2D eigenvalue weighted by Crippen LogP contribution is -2.30. The van der Waals surface area contributed by atoms with Crippen LogP contribution in [0.1, 0.15) is 42.6 Å². The number of rotatable bonds is 6. The van der Waals surface area contributed by atoms with E-state index in [2.05, 4.69) is 5.32 Å². The first-order valence-electron chi connectivity index (χ1n) is 8.27. The Morgan fingerprint density at radius 3 is 2.38 bits per heavy atom. The lowest BCUT2D eigenvalue weighted by molar-refractivity contribution is -0.123. The predicted molar refractivity (Wildman–Crippen MR) is 97.0 cm³/mol. The Hall–Kier alpha value is -2.89. The molecule has 0 spiro atoms. The van der Waals surface area contributed by atoms with Gasteiger partial charge in [-0.1, -0.05) is 32.0 Å². The second-order valence-corrected chi connectivity index (χ2v) is 6.13. The predicted octanol–water partition coefficient (Wildman–Crippen LogP) is 4.14. The van der Waals surface area contributed by atoms with E-state index in [1.165, 1.54) is 26.2 Å². The lowest BCUT2D eigenvalue weighted by atomic mass is 10.0. The van der Waals surface area contributed by atoms with E-state index in [1.807, 2.05) is 32.0 Å². The van der Waals surface area contributed by atoms with Gasteiger partial charge < -0.3 is 14.8 Å².